The first-order valence-corrected chi connectivity index (χ1v) is 11.3. The fraction of sp³-hybridized carbons (Fsp3) is 0.600. The third-order valence-electron chi connectivity index (χ3n) is 3.23. The standard InChI is InChI=1S/C15H24O2SSi/c1-15(2)16-11-13(17-15)14(19(3,4)5)18-12-9-7-6-8-10-12/h6-10,13-14H,11H2,1-5H3/t13-,14+/m0/s1. The van der Waals surface area contributed by atoms with Gasteiger partial charge >= 0.3 is 0 Å². The molecule has 1 fully saturated rings. The first kappa shape index (κ1) is 15.1. The molecular weight excluding hydrogens is 272 g/mol. The molecule has 0 aliphatic carbocycles. The summed E-state index contributed by atoms with van der Waals surface area (Å²) in [5, 5.41) is 0. The maximum absolute atomic E-state index is 6.10. The third-order valence-corrected chi connectivity index (χ3v) is 8.88. The number of hydrogen-bond donors (Lipinski definition) is 0. The summed E-state index contributed by atoms with van der Waals surface area (Å²) in [5.74, 6) is -0.431. The normalized spacial score (nSPS) is 24.4. The van der Waals surface area contributed by atoms with Crippen LogP contribution >= 0.6 is 11.8 Å². The van der Waals surface area contributed by atoms with Gasteiger partial charge in [-0.2, -0.15) is 0 Å². The second kappa shape index (κ2) is 5.60. The molecule has 0 bridgehead atoms. The van der Waals surface area contributed by atoms with Gasteiger partial charge in [-0.15, -0.1) is 11.8 Å². The minimum absolute atomic E-state index is 0.201. The molecule has 2 rings (SSSR count). The van der Waals surface area contributed by atoms with Gasteiger partial charge in [0.15, 0.2) is 5.79 Å². The highest BCUT2D eigenvalue weighted by atomic mass is 32.2. The lowest BCUT2D eigenvalue weighted by Gasteiger charge is -2.33. The van der Waals surface area contributed by atoms with E-state index in [2.05, 4.69) is 50.0 Å². The van der Waals surface area contributed by atoms with Crippen molar-refractivity contribution in [3.05, 3.63) is 30.3 Å². The van der Waals surface area contributed by atoms with Gasteiger partial charge in [0.25, 0.3) is 0 Å². The molecule has 1 aliphatic rings. The Labute approximate surface area is 121 Å². The molecule has 4 heteroatoms. The van der Waals surface area contributed by atoms with Crippen molar-refractivity contribution in [1.29, 1.82) is 0 Å². The van der Waals surface area contributed by atoms with E-state index in [1.807, 2.05) is 25.6 Å². The lowest BCUT2D eigenvalue weighted by molar-refractivity contribution is -0.136. The summed E-state index contributed by atoms with van der Waals surface area (Å²) in [6, 6.07) is 10.6. The molecule has 1 aromatic rings. The summed E-state index contributed by atoms with van der Waals surface area (Å²) in [6.07, 6.45) is 0.201. The molecule has 0 spiro atoms. The van der Waals surface area contributed by atoms with Gasteiger partial charge in [-0.1, -0.05) is 37.8 Å². The summed E-state index contributed by atoms with van der Waals surface area (Å²) in [5.41, 5.74) is 0. The number of rotatable bonds is 4. The highest BCUT2D eigenvalue weighted by Gasteiger charge is 2.43. The monoisotopic (exact) mass is 296 g/mol. The zero-order valence-corrected chi connectivity index (χ0v) is 14.3. The van der Waals surface area contributed by atoms with Crippen LogP contribution in [0.3, 0.4) is 0 Å². The first-order chi connectivity index (χ1) is 8.78. The van der Waals surface area contributed by atoms with Gasteiger partial charge in [-0.05, 0) is 26.0 Å². The lowest BCUT2D eigenvalue weighted by atomic mass is 10.4. The van der Waals surface area contributed by atoms with Crippen LogP contribution in [-0.4, -0.2) is 31.4 Å². The van der Waals surface area contributed by atoms with Crippen LogP contribution < -0.4 is 0 Å². The maximum atomic E-state index is 6.10. The minimum Gasteiger partial charge on any atom is -0.348 e. The summed E-state index contributed by atoms with van der Waals surface area (Å²) < 4.78 is 11.9. The van der Waals surface area contributed by atoms with Crippen LogP contribution in [0.2, 0.25) is 19.6 Å². The Hall–Kier alpha value is -0.293. The van der Waals surface area contributed by atoms with Gasteiger partial charge < -0.3 is 9.47 Å². The van der Waals surface area contributed by atoms with Crippen molar-refractivity contribution >= 4 is 19.8 Å². The number of thioether (sulfide) groups is 1. The fourth-order valence-corrected chi connectivity index (χ4v) is 6.32. The molecule has 0 saturated carbocycles. The molecule has 2 nitrogen and oxygen atoms in total. The maximum Gasteiger partial charge on any atom is 0.163 e. The molecule has 2 atom stereocenters. The molecule has 1 saturated heterocycles. The van der Waals surface area contributed by atoms with Crippen molar-refractivity contribution in [2.24, 2.45) is 0 Å². The van der Waals surface area contributed by atoms with Crippen molar-refractivity contribution in [2.45, 2.75) is 55.1 Å². The lowest BCUT2D eigenvalue weighted by Crippen LogP contribution is -2.45. The Morgan fingerprint density at radius 3 is 2.32 bits per heavy atom. The Balaban J connectivity index is 2.14. The molecule has 1 aliphatic heterocycles. The van der Waals surface area contributed by atoms with Gasteiger partial charge in [0, 0.05) is 9.77 Å². The predicted molar refractivity (Wildman–Crippen MR) is 84.3 cm³/mol. The van der Waals surface area contributed by atoms with E-state index in [0.717, 1.165) is 0 Å². The highest BCUT2D eigenvalue weighted by molar-refractivity contribution is 8.01. The van der Waals surface area contributed by atoms with E-state index in [-0.39, 0.29) is 6.10 Å². The van der Waals surface area contributed by atoms with Crippen molar-refractivity contribution in [2.75, 3.05) is 6.61 Å². The molecule has 0 amide bonds. The smallest absolute Gasteiger partial charge is 0.163 e. The van der Waals surface area contributed by atoms with Crippen LogP contribution in [0.1, 0.15) is 13.8 Å². The summed E-state index contributed by atoms with van der Waals surface area (Å²) in [7, 11) is -1.34. The second-order valence-corrected chi connectivity index (χ2v) is 13.6. The summed E-state index contributed by atoms with van der Waals surface area (Å²) in [4.78, 5) is 1.83. The van der Waals surface area contributed by atoms with E-state index in [9.17, 15) is 0 Å². The molecule has 106 valence electrons. The van der Waals surface area contributed by atoms with Crippen molar-refractivity contribution in [3.63, 3.8) is 0 Å². The average molecular weight is 297 g/mol. The fourth-order valence-electron chi connectivity index (χ4n) is 2.32. The second-order valence-electron chi connectivity index (χ2n) is 6.58. The Morgan fingerprint density at radius 2 is 1.84 bits per heavy atom. The van der Waals surface area contributed by atoms with Crippen LogP contribution in [0.4, 0.5) is 0 Å². The molecule has 1 heterocycles. The highest BCUT2D eigenvalue weighted by Crippen LogP contribution is 2.37. The first-order valence-electron chi connectivity index (χ1n) is 6.81. The third kappa shape index (κ3) is 4.08. The van der Waals surface area contributed by atoms with Crippen LogP contribution in [0.25, 0.3) is 0 Å². The summed E-state index contributed by atoms with van der Waals surface area (Å²) >= 11 is 1.95. The molecule has 0 radical (unpaired) electrons. The molecule has 0 N–H and O–H groups in total. The van der Waals surface area contributed by atoms with E-state index in [1.54, 1.807) is 0 Å². The molecule has 1 aromatic carbocycles. The Kier molecular flexibility index (Phi) is 4.45. The number of benzene rings is 1. The van der Waals surface area contributed by atoms with Crippen molar-refractivity contribution in [3.8, 4) is 0 Å². The number of hydrogen-bond acceptors (Lipinski definition) is 3. The van der Waals surface area contributed by atoms with Crippen LogP contribution in [0, 0.1) is 0 Å². The van der Waals surface area contributed by atoms with Crippen LogP contribution in [0.15, 0.2) is 35.2 Å². The van der Waals surface area contributed by atoms with E-state index >= 15 is 0 Å². The minimum atomic E-state index is -1.34. The van der Waals surface area contributed by atoms with Crippen molar-refractivity contribution < 1.29 is 9.47 Å². The molecule has 19 heavy (non-hydrogen) atoms. The zero-order valence-electron chi connectivity index (χ0n) is 12.5. The quantitative estimate of drug-likeness (QED) is 0.613. The van der Waals surface area contributed by atoms with Gasteiger partial charge in [0.1, 0.15) is 0 Å². The van der Waals surface area contributed by atoms with Gasteiger partial charge in [-0.3, -0.25) is 0 Å². The molecular formula is C15H24O2SSi. The van der Waals surface area contributed by atoms with E-state index in [4.69, 9.17) is 9.47 Å². The van der Waals surface area contributed by atoms with Gasteiger partial charge in [-0.25, -0.2) is 0 Å². The molecule has 0 aromatic heterocycles. The number of ether oxygens (including phenoxy) is 2. The van der Waals surface area contributed by atoms with E-state index in [0.29, 0.717) is 11.5 Å². The Bertz CT molecular complexity index is 414. The van der Waals surface area contributed by atoms with Crippen LogP contribution in [-0.2, 0) is 9.47 Å². The van der Waals surface area contributed by atoms with Gasteiger partial charge in [0.05, 0.1) is 20.8 Å². The predicted octanol–water partition coefficient (Wildman–Crippen LogP) is 4.18. The zero-order chi connectivity index (χ0) is 14.1. The Morgan fingerprint density at radius 1 is 1.21 bits per heavy atom. The summed E-state index contributed by atoms with van der Waals surface area (Å²) in [6.45, 7) is 11.9. The largest absolute Gasteiger partial charge is 0.348 e. The van der Waals surface area contributed by atoms with Crippen molar-refractivity contribution in [1.82, 2.24) is 0 Å². The van der Waals surface area contributed by atoms with E-state index < -0.39 is 13.9 Å². The topological polar surface area (TPSA) is 18.5 Å². The average Bonchev–Trinajstić information content (AvgIpc) is 2.66. The molecule has 0 unspecified atom stereocenters. The van der Waals surface area contributed by atoms with Crippen LogP contribution in [0.5, 0.6) is 0 Å². The SMILES string of the molecule is CC1(C)OC[C@@H]([C@H](Sc2ccccc2)[Si](C)(C)C)O1. The van der Waals surface area contributed by atoms with E-state index in [1.165, 1.54) is 4.90 Å². The van der Waals surface area contributed by atoms with Gasteiger partial charge in [0.2, 0.25) is 0 Å².